The molecule has 3 nitrogen and oxygen atoms in total. The summed E-state index contributed by atoms with van der Waals surface area (Å²) in [6.45, 7) is 15.5. The van der Waals surface area contributed by atoms with E-state index in [2.05, 4.69) is 39.1 Å². The molecule has 1 rings (SSSR count). The molecule has 0 aliphatic rings. The first-order valence-corrected chi connectivity index (χ1v) is 8.85. The molecule has 1 unspecified atom stereocenters. The van der Waals surface area contributed by atoms with Gasteiger partial charge in [0, 0.05) is 13.1 Å². The Labute approximate surface area is 164 Å². The summed E-state index contributed by atoms with van der Waals surface area (Å²) < 4.78 is 5.36. The Morgan fingerprint density at radius 2 is 1.69 bits per heavy atom. The predicted octanol–water partition coefficient (Wildman–Crippen LogP) is 5.14. The van der Waals surface area contributed by atoms with E-state index >= 15 is 0 Å². The molecule has 144 valence electrons. The predicted molar refractivity (Wildman–Crippen MR) is 113 cm³/mol. The summed E-state index contributed by atoms with van der Waals surface area (Å²) in [5.41, 5.74) is 2.29. The van der Waals surface area contributed by atoms with Gasteiger partial charge in [0.15, 0.2) is 0 Å². The number of rotatable bonds is 11. The second-order valence-electron chi connectivity index (χ2n) is 6.61. The minimum absolute atomic E-state index is 0. The molecule has 0 heterocycles. The highest BCUT2D eigenvalue weighted by Gasteiger charge is 2.16. The van der Waals surface area contributed by atoms with Crippen LogP contribution in [0.3, 0.4) is 0 Å². The largest absolute Gasteiger partial charge is 0.461 e. The van der Waals surface area contributed by atoms with Crippen molar-refractivity contribution >= 4 is 18.4 Å². The molecule has 0 aliphatic carbocycles. The van der Waals surface area contributed by atoms with Crippen LogP contribution in [0.2, 0.25) is 0 Å². The molecule has 0 aliphatic heterocycles. The van der Waals surface area contributed by atoms with Crippen LogP contribution in [-0.2, 0) is 16.0 Å². The van der Waals surface area contributed by atoms with Crippen molar-refractivity contribution in [3.05, 3.63) is 73.0 Å². The van der Waals surface area contributed by atoms with Crippen molar-refractivity contribution in [1.29, 1.82) is 0 Å². The van der Waals surface area contributed by atoms with Gasteiger partial charge in [-0.15, -0.1) is 25.6 Å². The molecule has 0 spiro atoms. The monoisotopic (exact) mass is 377 g/mol. The maximum atomic E-state index is 12.2. The molecule has 0 saturated heterocycles. The van der Waals surface area contributed by atoms with Crippen LogP contribution in [-0.4, -0.2) is 30.6 Å². The third kappa shape index (κ3) is 8.91. The van der Waals surface area contributed by atoms with E-state index in [1.807, 2.05) is 48.4 Å². The minimum Gasteiger partial charge on any atom is -0.461 e. The van der Waals surface area contributed by atoms with Gasteiger partial charge in [0.05, 0.1) is 5.92 Å². The van der Waals surface area contributed by atoms with Gasteiger partial charge < -0.3 is 9.64 Å². The standard InChI is InChI=1S/C22H31NO2.ClH/c1-6-13-23(14-7-2)15-8-16-25-22(24)19(5)21-11-9-20(10-12-21)17-18(3)4;/h6-12,15,18-19H,1-2,13-14,16-17H2,3-5H3;1H. The number of esters is 1. The first-order valence-electron chi connectivity index (χ1n) is 8.85. The Hall–Kier alpha value is -2.00. The zero-order chi connectivity index (χ0) is 18.7. The second kappa shape index (κ2) is 13.2. The van der Waals surface area contributed by atoms with Crippen LogP contribution in [0.4, 0.5) is 0 Å². The Kier molecular flexibility index (Phi) is 12.2. The van der Waals surface area contributed by atoms with Crippen molar-refractivity contribution < 1.29 is 9.53 Å². The molecular formula is C22H32ClNO2. The van der Waals surface area contributed by atoms with E-state index in [0.717, 1.165) is 25.1 Å². The summed E-state index contributed by atoms with van der Waals surface area (Å²) in [7, 11) is 0. The lowest BCUT2D eigenvalue weighted by Gasteiger charge is -2.16. The lowest BCUT2D eigenvalue weighted by atomic mass is 9.97. The van der Waals surface area contributed by atoms with E-state index < -0.39 is 0 Å². The molecule has 0 fully saturated rings. The molecule has 1 atom stereocenters. The third-order valence-corrected chi connectivity index (χ3v) is 3.84. The zero-order valence-corrected chi connectivity index (χ0v) is 17.0. The average molecular weight is 378 g/mol. The molecule has 4 heteroatoms. The lowest BCUT2D eigenvalue weighted by Crippen LogP contribution is -2.17. The van der Waals surface area contributed by atoms with Gasteiger partial charge >= 0.3 is 5.97 Å². The first kappa shape index (κ1) is 24.0. The van der Waals surface area contributed by atoms with Crippen molar-refractivity contribution in [2.45, 2.75) is 33.1 Å². The van der Waals surface area contributed by atoms with E-state index in [0.29, 0.717) is 5.92 Å². The molecule has 0 N–H and O–H groups in total. The van der Waals surface area contributed by atoms with Crippen molar-refractivity contribution in [2.75, 3.05) is 19.7 Å². The molecule has 1 aromatic carbocycles. The van der Waals surface area contributed by atoms with Gasteiger partial charge in [0.1, 0.15) is 6.61 Å². The summed E-state index contributed by atoms with van der Waals surface area (Å²) in [6, 6.07) is 8.24. The molecule has 0 saturated carbocycles. The first-order chi connectivity index (χ1) is 12.0. The van der Waals surface area contributed by atoms with Crippen LogP contribution in [0.25, 0.3) is 0 Å². The van der Waals surface area contributed by atoms with Crippen LogP contribution in [0, 0.1) is 5.92 Å². The average Bonchev–Trinajstić information content (AvgIpc) is 2.58. The van der Waals surface area contributed by atoms with Gasteiger partial charge in [0.2, 0.25) is 0 Å². The van der Waals surface area contributed by atoms with Crippen LogP contribution in [0.5, 0.6) is 0 Å². The Balaban J connectivity index is 0.00000625. The summed E-state index contributed by atoms with van der Waals surface area (Å²) in [6.07, 6.45) is 8.44. The van der Waals surface area contributed by atoms with E-state index in [4.69, 9.17) is 4.74 Å². The highest BCUT2D eigenvalue weighted by atomic mass is 35.5. The topological polar surface area (TPSA) is 29.5 Å². The summed E-state index contributed by atoms with van der Waals surface area (Å²) in [4.78, 5) is 14.2. The quantitative estimate of drug-likeness (QED) is 0.395. The van der Waals surface area contributed by atoms with Crippen LogP contribution < -0.4 is 0 Å². The number of hydrogen-bond donors (Lipinski definition) is 0. The van der Waals surface area contributed by atoms with Crippen LogP contribution in [0.1, 0.15) is 37.8 Å². The number of carbonyl (C=O) groups excluding carboxylic acids is 1. The van der Waals surface area contributed by atoms with Gasteiger partial charge in [-0.2, -0.15) is 0 Å². The number of benzene rings is 1. The second-order valence-corrected chi connectivity index (χ2v) is 6.61. The zero-order valence-electron chi connectivity index (χ0n) is 16.2. The summed E-state index contributed by atoms with van der Waals surface area (Å²) in [5, 5.41) is 0. The molecule has 1 aromatic rings. The van der Waals surface area contributed by atoms with Crippen molar-refractivity contribution in [1.82, 2.24) is 4.90 Å². The summed E-state index contributed by atoms with van der Waals surface area (Å²) >= 11 is 0. The Morgan fingerprint density at radius 1 is 1.12 bits per heavy atom. The molecule has 0 amide bonds. The van der Waals surface area contributed by atoms with Gasteiger partial charge in [-0.05, 0) is 42.7 Å². The molecular weight excluding hydrogens is 346 g/mol. The molecule has 0 radical (unpaired) electrons. The van der Waals surface area contributed by atoms with E-state index in [9.17, 15) is 4.79 Å². The van der Waals surface area contributed by atoms with Crippen LogP contribution in [0.15, 0.2) is 61.9 Å². The smallest absolute Gasteiger partial charge is 0.313 e. The minimum atomic E-state index is -0.265. The highest BCUT2D eigenvalue weighted by Crippen LogP contribution is 2.18. The van der Waals surface area contributed by atoms with Crippen molar-refractivity contribution in [2.24, 2.45) is 5.92 Å². The van der Waals surface area contributed by atoms with Crippen molar-refractivity contribution in [3.63, 3.8) is 0 Å². The normalized spacial score (nSPS) is 11.7. The van der Waals surface area contributed by atoms with Gasteiger partial charge in [-0.3, -0.25) is 4.79 Å². The SMILES string of the molecule is C=CCN(C=CCOC(=O)C(C)c1ccc(CC(C)C)cc1)CC=C.Cl. The third-order valence-electron chi connectivity index (χ3n) is 3.84. The number of hydrogen-bond acceptors (Lipinski definition) is 3. The number of carbonyl (C=O) groups is 1. The van der Waals surface area contributed by atoms with E-state index in [-0.39, 0.29) is 30.9 Å². The molecule has 0 aromatic heterocycles. The van der Waals surface area contributed by atoms with Crippen LogP contribution >= 0.6 is 12.4 Å². The Bertz CT molecular complexity index is 568. The van der Waals surface area contributed by atoms with E-state index in [1.54, 1.807) is 0 Å². The summed E-state index contributed by atoms with van der Waals surface area (Å²) in [5.74, 6) is 0.154. The van der Waals surface area contributed by atoms with Crippen molar-refractivity contribution in [3.8, 4) is 0 Å². The van der Waals surface area contributed by atoms with Gasteiger partial charge in [0.25, 0.3) is 0 Å². The number of halogens is 1. The van der Waals surface area contributed by atoms with Gasteiger partial charge in [-0.25, -0.2) is 0 Å². The molecule has 0 bridgehead atoms. The van der Waals surface area contributed by atoms with E-state index in [1.165, 1.54) is 5.56 Å². The highest BCUT2D eigenvalue weighted by molar-refractivity contribution is 5.85. The fourth-order valence-electron chi connectivity index (χ4n) is 2.53. The number of nitrogens with zero attached hydrogens (tertiary/aromatic N) is 1. The fraction of sp³-hybridized carbons (Fsp3) is 0.409. The number of ether oxygens (including phenoxy) is 1. The maximum absolute atomic E-state index is 12.2. The van der Waals surface area contributed by atoms with Gasteiger partial charge in [-0.1, -0.05) is 50.3 Å². The fourth-order valence-corrected chi connectivity index (χ4v) is 2.53. The maximum Gasteiger partial charge on any atom is 0.313 e. The molecule has 26 heavy (non-hydrogen) atoms. The Morgan fingerprint density at radius 3 is 2.19 bits per heavy atom. The lowest BCUT2D eigenvalue weighted by molar-refractivity contribution is -0.143.